The smallest absolute Gasteiger partial charge is 0.497 e. The summed E-state index contributed by atoms with van der Waals surface area (Å²) in [4.78, 5) is 29.4. The lowest BCUT2D eigenvalue weighted by Crippen LogP contribution is -2.69. The van der Waals surface area contributed by atoms with Crippen LogP contribution in [0.15, 0.2) is 90.5 Å². The number of rotatable bonds is 14. The highest BCUT2D eigenvalue weighted by atomic mass is 28.2. The van der Waals surface area contributed by atoms with Gasteiger partial charge >= 0.3 is 6.16 Å². The molecule has 48 heavy (non-hydrogen) atoms. The van der Waals surface area contributed by atoms with Crippen LogP contribution in [-0.2, 0) is 38.1 Å². The molecular formula is C39H51NO7Si. The highest BCUT2D eigenvalue weighted by molar-refractivity contribution is 5.98. The van der Waals surface area contributed by atoms with Crippen LogP contribution in [0.2, 0.25) is 0 Å². The van der Waals surface area contributed by atoms with Gasteiger partial charge < -0.3 is 28.3 Å². The van der Waals surface area contributed by atoms with E-state index in [4.69, 9.17) is 23.4 Å². The quantitative estimate of drug-likeness (QED) is 0.0839. The summed E-state index contributed by atoms with van der Waals surface area (Å²) in [6, 6.07) is 24.9. The predicted molar refractivity (Wildman–Crippen MR) is 191 cm³/mol. The van der Waals surface area contributed by atoms with Gasteiger partial charge in [0.2, 0.25) is 5.91 Å². The Morgan fingerprint density at radius 2 is 1.35 bits per heavy atom. The second-order valence-electron chi connectivity index (χ2n) is 14.0. The Morgan fingerprint density at radius 3 is 1.81 bits per heavy atom. The average molecular weight is 674 g/mol. The van der Waals surface area contributed by atoms with Crippen molar-refractivity contribution in [3.8, 4) is 11.5 Å². The third kappa shape index (κ3) is 9.29. The number of hydrogen-bond donors (Lipinski definition) is 0. The van der Waals surface area contributed by atoms with E-state index in [-0.39, 0.29) is 30.0 Å². The predicted octanol–water partition coefficient (Wildman–Crippen LogP) is 6.47. The molecule has 0 aromatic heterocycles. The summed E-state index contributed by atoms with van der Waals surface area (Å²) >= 11 is 0. The second kappa shape index (κ2) is 15.9. The normalized spacial score (nSPS) is 17.6. The minimum atomic E-state index is -0.797. The standard InChI is InChI=1S/C39H51NO7Si/c1-26(46-37(42)45-25-29-12-10-9-11-13-29)34-35(33(38(2,3)4)24-39(5,6)47-48)40(36(34)41)30(22-27-14-18-31(43-7)19-15-27)23-28-16-20-32(44-8)21-17-28/h9-21,24,26,30,34-35H,22-23,25H2,1-8,48H3/t26-,34-,35-/m1/s1. The van der Waals surface area contributed by atoms with E-state index in [1.807, 2.05) is 97.6 Å². The Bertz CT molecular complexity index is 1480. The van der Waals surface area contributed by atoms with Gasteiger partial charge in [0.15, 0.2) is 0 Å². The maximum absolute atomic E-state index is 14.5. The van der Waals surface area contributed by atoms with Crippen LogP contribution in [-0.4, -0.2) is 65.5 Å². The Kier molecular flexibility index (Phi) is 12.2. The maximum atomic E-state index is 14.5. The highest BCUT2D eigenvalue weighted by Crippen LogP contribution is 2.45. The van der Waals surface area contributed by atoms with Crippen molar-refractivity contribution in [2.24, 2.45) is 11.3 Å². The number of carbonyl (C=O) groups is 2. The number of carbonyl (C=O) groups excluding carboxylic acids is 2. The molecule has 9 heteroatoms. The van der Waals surface area contributed by atoms with Crippen molar-refractivity contribution in [3.63, 3.8) is 0 Å². The SMILES string of the molecule is COc1ccc(CC(Cc2ccc(OC)cc2)N2C(=O)[C@H]([C@@H](C)OC(=O)OCc3ccccc3)[C@H]2C(=CC(C)(C)O[SiH3])C(C)(C)C)cc1. The summed E-state index contributed by atoms with van der Waals surface area (Å²) in [5, 5.41) is 0. The first kappa shape index (κ1) is 36.7. The van der Waals surface area contributed by atoms with Gasteiger partial charge in [-0.15, -0.1) is 0 Å². The highest BCUT2D eigenvalue weighted by Gasteiger charge is 2.56. The zero-order valence-corrected chi connectivity index (χ0v) is 31.8. The van der Waals surface area contributed by atoms with E-state index >= 15 is 0 Å². The van der Waals surface area contributed by atoms with Crippen LogP contribution in [0.3, 0.4) is 0 Å². The fourth-order valence-electron chi connectivity index (χ4n) is 6.23. The van der Waals surface area contributed by atoms with E-state index in [0.29, 0.717) is 23.3 Å². The Morgan fingerprint density at radius 1 is 0.833 bits per heavy atom. The molecule has 3 atom stereocenters. The molecule has 3 aromatic carbocycles. The second-order valence-corrected chi connectivity index (χ2v) is 14.4. The molecular weight excluding hydrogens is 623 g/mol. The summed E-state index contributed by atoms with van der Waals surface area (Å²) in [5.41, 5.74) is 3.23. The minimum absolute atomic E-state index is 0.0601. The zero-order valence-electron chi connectivity index (χ0n) is 29.8. The van der Waals surface area contributed by atoms with Crippen LogP contribution in [0.1, 0.15) is 58.2 Å². The molecule has 1 amide bonds. The lowest BCUT2D eigenvalue weighted by Gasteiger charge is -2.56. The van der Waals surface area contributed by atoms with Crippen molar-refractivity contribution >= 4 is 22.5 Å². The summed E-state index contributed by atoms with van der Waals surface area (Å²) in [6.45, 7) is 12.4. The summed E-state index contributed by atoms with van der Waals surface area (Å²) in [7, 11) is 3.85. The molecule has 0 N–H and O–H groups in total. The first-order valence-corrected chi connectivity index (χ1v) is 17.3. The van der Waals surface area contributed by atoms with E-state index in [1.54, 1.807) is 21.1 Å². The number of amides is 1. The van der Waals surface area contributed by atoms with Crippen LogP contribution in [0.25, 0.3) is 0 Å². The molecule has 0 bridgehead atoms. The molecule has 0 unspecified atom stereocenters. The van der Waals surface area contributed by atoms with Crippen LogP contribution in [0.4, 0.5) is 4.79 Å². The fourth-order valence-corrected chi connectivity index (χ4v) is 6.35. The first-order valence-electron chi connectivity index (χ1n) is 16.5. The maximum Gasteiger partial charge on any atom is 0.508 e. The molecule has 1 saturated heterocycles. The molecule has 1 heterocycles. The topological polar surface area (TPSA) is 83.5 Å². The molecule has 4 rings (SSSR count). The van der Waals surface area contributed by atoms with Crippen molar-refractivity contribution in [3.05, 3.63) is 107 Å². The lowest BCUT2D eigenvalue weighted by molar-refractivity contribution is -0.167. The van der Waals surface area contributed by atoms with E-state index in [2.05, 4.69) is 26.8 Å². The molecule has 0 spiro atoms. The number of β-lactam (4-membered cyclic amide) rings is 1. The minimum Gasteiger partial charge on any atom is -0.497 e. The third-order valence-electron chi connectivity index (χ3n) is 9.03. The third-order valence-corrected chi connectivity index (χ3v) is 10.1. The lowest BCUT2D eigenvalue weighted by atomic mass is 9.68. The van der Waals surface area contributed by atoms with E-state index in [0.717, 1.165) is 33.8 Å². The van der Waals surface area contributed by atoms with Crippen molar-refractivity contribution in [2.45, 2.75) is 84.8 Å². The van der Waals surface area contributed by atoms with Crippen molar-refractivity contribution < 1.29 is 33.0 Å². The summed E-state index contributed by atoms with van der Waals surface area (Å²) in [5.74, 6) is 0.891. The van der Waals surface area contributed by atoms with Gasteiger partial charge in [0.25, 0.3) is 0 Å². The molecule has 0 radical (unpaired) electrons. The van der Waals surface area contributed by atoms with Gasteiger partial charge in [-0.2, -0.15) is 0 Å². The molecule has 1 aliphatic heterocycles. The molecule has 3 aromatic rings. The van der Waals surface area contributed by atoms with Gasteiger partial charge in [-0.05, 0) is 85.6 Å². The Labute approximate surface area is 288 Å². The van der Waals surface area contributed by atoms with Crippen LogP contribution in [0, 0.1) is 11.3 Å². The van der Waals surface area contributed by atoms with Gasteiger partial charge in [-0.3, -0.25) is 4.79 Å². The van der Waals surface area contributed by atoms with Gasteiger partial charge in [0.05, 0.1) is 31.8 Å². The summed E-state index contributed by atoms with van der Waals surface area (Å²) in [6.07, 6.45) is 1.88. The van der Waals surface area contributed by atoms with Crippen LogP contribution in [0.5, 0.6) is 11.5 Å². The molecule has 8 nitrogen and oxygen atoms in total. The number of hydrogen-bond acceptors (Lipinski definition) is 7. The van der Waals surface area contributed by atoms with E-state index in [9.17, 15) is 9.59 Å². The van der Waals surface area contributed by atoms with Gasteiger partial charge in [0.1, 0.15) is 34.7 Å². The summed E-state index contributed by atoms with van der Waals surface area (Å²) < 4.78 is 28.1. The molecule has 1 aliphatic rings. The zero-order chi connectivity index (χ0) is 35.1. The van der Waals surface area contributed by atoms with Crippen molar-refractivity contribution in [2.75, 3.05) is 14.2 Å². The monoisotopic (exact) mass is 673 g/mol. The van der Waals surface area contributed by atoms with E-state index in [1.165, 1.54) is 0 Å². The molecule has 258 valence electrons. The van der Waals surface area contributed by atoms with Crippen molar-refractivity contribution in [1.82, 2.24) is 4.90 Å². The largest absolute Gasteiger partial charge is 0.508 e. The van der Waals surface area contributed by atoms with Crippen molar-refractivity contribution in [1.29, 1.82) is 0 Å². The molecule has 0 saturated carbocycles. The first-order chi connectivity index (χ1) is 22.8. The van der Waals surface area contributed by atoms with Crippen LogP contribution < -0.4 is 9.47 Å². The Balaban J connectivity index is 1.72. The average Bonchev–Trinajstić information content (AvgIpc) is 3.06. The van der Waals surface area contributed by atoms with Crippen LogP contribution >= 0.6 is 0 Å². The van der Waals surface area contributed by atoms with Gasteiger partial charge in [0, 0.05) is 6.04 Å². The fraction of sp³-hybridized carbons (Fsp3) is 0.436. The van der Waals surface area contributed by atoms with E-state index < -0.39 is 23.8 Å². The Hall–Kier alpha value is -4.08. The van der Waals surface area contributed by atoms with Gasteiger partial charge in [-0.25, -0.2) is 4.79 Å². The molecule has 1 fully saturated rings. The molecule has 0 aliphatic carbocycles. The van der Waals surface area contributed by atoms with Gasteiger partial charge in [-0.1, -0.05) is 81.4 Å². The number of likely N-dealkylation sites (tertiary alicyclic amines) is 1. The number of methoxy groups -OCH3 is 2. The number of ether oxygens (including phenoxy) is 4. The number of nitrogens with zero attached hydrogens (tertiary/aromatic N) is 1. The number of benzene rings is 3.